The molecule has 1 atom stereocenters. The molecule has 0 aromatic heterocycles. The molecular weight excluding hydrogens is 205 g/mol. The molecule has 0 saturated carbocycles. The minimum Gasteiger partial charge on any atom is -0.312 e. The summed E-state index contributed by atoms with van der Waals surface area (Å²) < 4.78 is 36.5. The summed E-state index contributed by atoms with van der Waals surface area (Å²) >= 11 is 0. The molecule has 0 heterocycles. The summed E-state index contributed by atoms with van der Waals surface area (Å²) in [7, 11) is 0. The van der Waals surface area contributed by atoms with Gasteiger partial charge in [-0.05, 0) is 13.5 Å². The number of alkyl halides is 3. The zero-order valence-corrected chi connectivity index (χ0v) is 9.27. The molecule has 0 rings (SSSR count). The lowest BCUT2D eigenvalue weighted by molar-refractivity contribution is -0.149. The molecule has 0 aromatic carbocycles. The molecule has 0 aromatic rings. The summed E-state index contributed by atoms with van der Waals surface area (Å²) in [6.45, 7) is 7.75. The van der Waals surface area contributed by atoms with Crippen LogP contribution in [-0.2, 0) is 0 Å². The Balaban J connectivity index is 3.98. The molecular formula is C10H19F3N2. The van der Waals surface area contributed by atoms with Crippen molar-refractivity contribution in [3.05, 3.63) is 12.7 Å². The van der Waals surface area contributed by atoms with Crippen LogP contribution in [0.1, 0.15) is 13.8 Å². The van der Waals surface area contributed by atoms with E-state index in [-0.39, 0.29) is 6.04 Å². The SMILES string of the molecule is C=CCNCC(C)N(CC)CC(F)(F)F. The maximum absolute atomic E-state index is 12.2. The zero-order valence-electron chi connectivity index (χ0n) is 9.27. The Hall–Kier alpha value is -0.550. The number of halogens is 3. The van der Waals surface area contributed by atoms with Crippen molar-refractivity contribution < 1.29 is 13.2 Å². The molecule has 0 aliphatic heterocycles. The van der Waals surface area contributed by atoms with Crippen molar-refractivity contribution in [2.24, 2.45) is 0 Å². The van der Waals surface area contributed by atoms with Gasteiger partial charge in [0.15, 0.2) is 0 Å². The number of nitrogens with zero attached hydrogens (tertiary/aromatic N) is 1. The van der Waals surface area contributed by atoms with E-state index in [1.165, 1.54) is 4.90 Å². The Labute approximate surface area is 89.1 Å². The van der Waals surface area contributed by atoms with Crippen LogP contribution in [0.2, 0.25) is 0 Å². The molecule has 5 heteroatoms. The first-order valence-electron chi connectivity index (χ1n) is 5.03. The first-order chi connectivity index (χ1) is 6.90. The van der Waals surface area contributed by atoms with Gasteiger partial charge in [-0.3, -0.25) is 4.90 Å². The van der Waals surface area contributed by atoms with Crippen molar-refractivity contribution in [1.82, 2.24) is 10.2 Å². The van der Waals surface area contributed by atoms with E-state index < -0.39 is 12.7 Å². The van der Waals surface area contributed by atoms with Gasteiger partial charge in [0.2, 0.25) is 0 Å². The van der Waals surface area contributed by atoms with E-state index >= 15 is 0 Å². The number of rotatable bonds is 7. The molecule has 0 radical (unpaired) electrons. The molecule has 0 fully saturated rings. The highest BCUT2D eigenvalue weighted by molar-refractivity contribution is 4.75. The van der Waals surface area contributed by atoms with Crippen LogP contribution in [0.3, 0.4) is 0 Å². The Morgan fingerprint density at radius 1 is 1.47 bits per heavy atom. The fourth-order valence-corrected chi connectivity index (χ4v) is 1.33. The van der Waals surface area contributed by atoms with Crippen LogP contribution >= 0.6 is 0 Å². The minimum absolute atomic E-state index is 0.128. The predicted molar refractivity (Wildman–Crippen MR) is 55.8 cm³/mol. The maximum Gasteiger partial charge on any atom is 0.401 e. The monoisotopic (exact) mass is 224 g/mol. The van der Waals surface area contributed by atoms with Gasteiger partial charge in [0.25, 0.3) is 0 Å². The molecule has 1 unspecified atom stereocenters. The Kier molecular flexibility index (Phi) is 6.60. The van der Waals surface area contributed by atoms with Gasteiger partial charge >= 0.3 is 6.18 Å². The Bertz CT molecular complexity index is 180. The average molecular weight is 224 g/mol. The van der Waals surface area contributed by atoms with Crippen LogP contribution in [0, 0.1) is 0 Å². The van der Waals surface area contributed by atoms with Crippen LogP contribution in [0.5, 0.6) is 0 Å². The molecule has 15 heavy (non-hydrogen) atoms. The van der Waals surface area contributed by atoms with Gasteiger partial charge < -0.3 is 5.32 Å². The second kappa shape index (κ2) is 6.85. The first kappa shape index (κ1) is 14.5. The molecule has 0 aliphatic rings. The van der Waals surface area contributed by atoms with E-state index in [0.717, 1.165) is 0 Å². The highest BCUT2D eigenvalue weighted by Gasteiger charge is 2.31. The number of hydrogen-bond acceptors (Lipinski definition) is 2. The van der Waals surface area contributed by atoms with Crippen LogP contribution in [0.25, 0.3) is 0 Å². The molecule has 1 N–H and O–H groups in total. The minimum atomic E-state index is -4.12. The number of nitrogens with one attached hydrogen (secondary N) is 1. The largest absolute Gasteiger partial charge is 0.401 e. The van der Waals surface area contributed by atoms with Gasteiger partial charge in [0.1, 0.15) is 0 Å². The highest BCUT2D eigenvalue weighted by Crippen LogP contribution is 2.17. The summed E-state index contributed by atoms with van der Waals surface area (Å²) in [5, 5.41) is 3.01. The summed E-state index contributed by atoms with van der Waals surface area (Å²) in [6.07, 6.45) is -2.44. The fraction of sp³-hybridized carbons (Fsp3) is 0.800. The molecule has 0 amide bonds. The van der Waals surface area contributed by atoms with E-state index in [4.69, 9.17) is 0 Å². The van der Waals surface area contributed by atoms with Crippen molar-refractivity contribution in [3.63, 3.8) is 0 Å². The molecule has 0 aliphatic carbocycles. The second-order valence-electron chi connectivity index (χ2n) is 3.47. The molecule has 0 bridgehead atoms. The summed E-state index contributed by atoms with van der Waals surface area (Å²) in [5.74, 6) is 0. The highest BCUT2D eigenvalue weighted by atomic mass is 19.4. The lowest BCUT2D eigenvalue weighted by atomic mass is 10.2. The van der Waals surface area contributed by atoms with Crippen molar-refractivity contribution >= 4 is 0 Å². The van der Waals surface area contributed by atoms with Gasteiger partial charge in [-0.2, -0.15) is 13.2 Å². The maximum atomic E-state index is 12.2. The smallest absolute Gasteiger partial charge is 0.312 e. The van der Waals surface area contributed by atoms with Crippen LogP contribution in [-0.4, -0.2) is 43.3 Å². The van der Waals surface area contributed by atoms with E-state index in [1.807, 2.05) is 0 Å². The van der Waals surface area contributed by atoms with Crippen molar-refractivity contribution in [3.8, 4) is 0 Å². The zero-order chi connectivity index (χ0) is 11.9. The quantitative estimate of drug-likeness (QED) is 0.526. The first-order valence-corrected chi connectivity index (χ1v) is 5.03. The van der Waals surface area contributed by atoms with Crippen LogP contribution in [0.15, 0.2) is 12.7 Å². The van der Waals surface area contributed by atoms with Crippen molar-refractivity contribution in [1.29, 1.82) is 0 Å². The van der Waals surface area contributed by atoms with Gasteiger partial charge in [-0.25, -0.2) is 0 Å². The predicted octanol–water partition coefficient (Wildman–Crippen LogP) is 2.03. The lowest BCUT2D eigenvalue weighted by Crippen LogP contribution is -2.44. The van der Waals surface area contributed by atoms with Gasteiger partial charge in [-0.15, -0.1) is 6.58 Å². The second-order valence-corrected chi connectivity index (χ2v) is 3.47. The molecule has 0 spiro atoms. The van der Waals surface area contributed by atoms with Gasteiger partial charge in [-0.1, -0.05) is 13.0 Å². The third-order valence-electron chi connectivity index (χ3n) is 2.14. The summed E-state index contributed by atoms with van der Waals surface area (Å²) in [4.78, 5) is 1.40. The molecule has 0 saturated heterocycles. The average Bonchev–Trinajstić information content (AvgIpc) is 2.13. The lowest BCUT2D eigenvalue weighted by Gasteiger charge is -2.28. The molecule has 90 valence electrons. The van der Waals surface area contributed by atoms with Crippen molar-refractivity contribution in [2.75, 3.05) is 26.2 Å². The van der Waals surface area contributed by atoms with E-state index in [2.05, 4.69) is 11.9 Å². The standard InChI is InChI=1S/C10H19F3N2/c1-4-6-14-7-9(3)15(5-2)8-10(11,12)13/h4,9,14H,1,5-8H2,2-3H3. The van der Waals surface area contributed by atoms with Crippen molar-refractivity contribution in [2.45, 2.75) is 26.1 Å². The van der Waals surface area contributed by atoms with E-state index in [1.54, 1.807) is 19.9 Å². The Morgan fingerprint density at radius 3 is 2.47 bits per heavy atom. The summed E-state index contributed by atoms with van der Waals surface area (Å²) in [5.41, 5.74) is 0. The third kappa shape index (κ3) is 7.39. The van der Waals surface area contributed by atoms with E-state index in [9.17, 15) is 13.2 Å². The fourth-order valence-electron chi connectivity index (χ4n) is 1.33. The third-order valence-corrected chi connectivity index (χ3v) is 2.14. The summed E-state index contributed by atoms with van der Waals surface area (Å²) in [6, 6.07) is -0.128. The Morgan fingerprint density at radius 2 is 2.07 bits per heavy atom. The normalized spacial score (nSPS) is 14.3. The topological polar surface area (TPSA) is 15.3 Å². The number of likely N-dealkylation sites (N-methyl/N-ethyl adjacent to an activating group) is 1. The van der Waals surface area contributed by atoms with Crippen LogP contribution < -0.4 is 5.32 Å². The van der Waals surface area contributed by atoms with Gasteiger partial charge in [0, 0.05) is 19.1 Å². The van der Waals surface area contributed by atoms with Gasteiger partial charge in [0.05, 0.1) is 6.54 Å². The van der Waals surface area contributed by atoms with Crippen LogP contribution in [0.4, 0.5) is 13.2 Å². The number of hydrogen-bond donors (Lipinski definition) is 1. The van der Waals surface area contributed by atoms with E-state index in [0.29, 0.717) is 19.6 Å². The molecule has 2 nitrogen and oxygen atoms in total.